The van der Waals surface area contributed by atoms with Crippen LogP contribution in [0.3, 0.4) is 0 Å². The summed E-state index contributed by atoms with van der Waals surface area (Å²) in [6.45, 7) is 3.38. The fourth-order valence-corrected chi connectivity index (χ4v) is 2.29. The number of nitrogens with zero attached hydrogens (tertiary/aromatic N) is 1. The second kappa shape index (κ2) is 6.34. The molecular formula is C15H14F3N3O3. The van der Waals surface area contributed by atoms with Gasteiger partial charge in [-0.05, 0) is 37.6 Å². The largest absolute Gasteiger partial charge is 0.416 e. The molecule has 2 rings (SSSR count). The van der Waals surface area contributed by atoms with Crippen LogP contribution in [0.15, 0.2) is 29.1 Å². The number of hydrogen-bond donors (Lipinski definition) is 2. The number of benzene rings is 1. The first-order valence-corrected chi connectivity index (χ1v) is 6.88. The van der Waals surface area contributed by atoms with Crippen LogP contribution >= 0.6 is 0 Å². The van der Waals surface area contributed by atoms with Gasteiger partial charge >= 0.3 is 6.18 Å². The molecule has 1 heterocycles. The zero-order valence-electron chi connectivity index (χ0n) is 12.8. The van der Waals surface area contributed by atoms with Crippen molar-refractivity contribution < 1.29 is 18.1 Å². The molecule has 0 bridgehead atoms. The fourth-order valence-electron chi connectivity index (χ4n) is 2.29. The number of aromatic nitrogens is 1. The van der Waals surface area contributed by atoms with Crippen molar-refractivity contribution in [2.24, 2.45) is 0 Å². The molecule has 24 heavy (non-hydrogen) atoms. The molecule has 0 saturated carbocycles. The van der Waals surface area contributed by atoms with E-state index in [1.807, 2.05) is 0 Å². The number of aromatic amines is 1. The molecule has 2 aromatic rings. The van der Waals surface area contributed by atoms with E-state index in [-0.39, 0.29) is 17.8 Å². The number of aryl methyl sites for hydroxylation is 2. The van der Waals surface area contributed by atoms with Crippen LogP contribution in [0.4, 0.5) is 24.5 Å². The second-order valence-electron chi connectivity index (χ2n) is 5.28. The molecule has 0 saturated heterocycles. The maximum Gasteiger partial charge on any atom is 0.416 e. The van der Waals surface area contributed by atoms with Gasteiger partial charge < -0.3 is 10.3 Å². The molecule has 0 unspecified atom stereocenters. The third kappa shape index (κ3) is 3.73. The SMILES string of the molecule is Cc1cc(C)c(CNc2ccc(C(F)(F)F)cc2[N+](=O)[O-])c(=O)[nH]1. The lowest BCUT2D eigenvalue weighted by Gasteiger charge is -2.11. The average molecular weight is 341 g/mol. The number of nitro groups is 1. The van der Waals surface area contributed by atoms with Gasteiger partial charge in [-0.3, -0.25) is 14.9 Å². The molecule has 0 atom stereocenters. The predicted octanol–water partition coefficient (Wildman–Crippen LogP) is 3.53. The van der Waals surface area contributed by atoms with Crippen molar-refractivity contribution in [1.82, 2.24) is 4.98 Å². The molecule has 1 aromatic carbocycles. The van der Waals surface area contributed by atoms with Crippen molar-refractivity contribution in [3.8, 4) is 0 Å². The first-order chi connectivity index (χ1) is 11.1. The van der Waals surface area contributed by atoms with Crippen LogP contribution in [0.25, 0.3) is 0 Å². The second-order valence-corrected chi connectivity index (χ2v) is 5.28. The van der Waals surface area contributed by atoms with Gasteiger partial charge in [-0.15, -0.1) is 0 Å². The highest BCUT2D eigenvalue weighted by molar-refractivity contribution is 5.63. The Morgan fingerprint density at radius 1 is 1.25 bits per heavy atom. The van der Waals surface area contributed by atoms with E-state index in [2.05, 4.69) is 10.3 Å². The Balaban J connectivity index is 2.34. The van der Waals surface area contributed by atoms with Gasteiger partial charge in [0.05, 0.1) is 10.5 Å². The Morgan fingerprint density at radius 3 is 2.46 bits per heavy atom. The fraction of sp³-hybridized carbons (Fsp3) is 0.267. The number of nitro benzene ring substituents is 1. The first-order valence-electron chi connectivity index (χ1n) is 6.88. The molecule has 0 fully saturated rings. The van der Waals surface area contributed by atoms with Crippen LogP contribution in [-0.4, -0.2) is 9.91 Å². The highest BCUT2D eigenvalue weighted by atomic mass is 19.4. The van der Waals surface area contributed by atoms with Gasteiger partial charge in [-0.25, -0.2) is 0 Å². The lowest BCUT2D eigenvalue weighted by molar-refractivity contribution is -0.384. The minimum absolute atomic E-state index is 0.0480. The molecule has 0 aliphatic heterocycles. The lowest BCUT2D eigenvalue weighted by Crippen LogP contribution is -2.19. The van der Waals surface area contributed by atoms with E-state index < -0.39 is 22.4 Å². The van der Waals surface area contributed by atoms with Crippen molar-refractivity contribution >= 4 is 11.4 Å². The summed E-state index contributed by atoms with van der Waals surface area (Å²) in [5.41, 5.74) is -0.549. The standard InChI is InChI=1S/C15H14F3N3O3/c1-8-5-9(2)20-14(22)11(8)7-19-12-4-3-10(15(16,17)18)6-13(12)21(23)24/h3-6,19H,7H2,1-2H3,(H,20,22). The maximum absolute atomic E-state index is 12.7. The zero-order chi connectivity index (χ0) is 18.1. The van der Waals surface area contributed by atoms with E-state index in [9.17, 15) is 28.1 Å². The maximum atomic E-state index is 12.7. The molecular weight excluding hydrogens is 327 g/mol. The third-order valence-corrected chi connectivity index (χ3v) is 3.47. The Morgan fingerprint density at radius 2 is 1.92 bits per heavy atom. The van der Waals surface area contributed by atoms with Crippen molar-refractivity contribution in [1.29, 1.82) is 0 Å². The van der Waals surface area contributed by atoms with Gasteiger partial charge in [0.15, 0.2) is 0 Å². The molecule has 0 aliphatic carbocycles. The van der Waals surface area contributed by atoms with Gasteiger partial charge in [0.25, 0.3) is 11.2 Å². The summed E-state index contributed by atoms with van der Waals surface area (Å²) in [5, 5.41) is 13.7. The average Bonchev–Trinajstić information content (AvgIpc) is 2.44. The molecule has 0 aliphatic rings. The summed E-state index contributed by atoms with van der Waals surface area (Å²) in [4.78, 5) is 24.6. The van der Waals surface area contributed by atoms with E-state index in [0.29, 0.717) is 22.9 Å². The van der Waals surface area contributed by atoms with Crippen LogP contribution in [-0.2, 0) is 12.7 Å². The molecule has 2 N–H and O–H groups in total. The van der Waals surface area contributed by atoms with E-state index >= 15 is 0 Å². The summed E-state index contributed by atoms with van der Waals surface area (Å²) in [6, 6.07) is 3.94. The summed E-state index contributed by atoms with van der Waals surface area (Å²) >= 11 is 0. The summed E-state index contributed by atoms with van der Waals surface area (Å²) in [7, 11) is 0. The van der Waals surface area contributed by atoms with Gasteiger partial charge in [-0.1, -0.05) is 0 Å². The van der Waals surface area contributed by atoms with Gasteiger partial charge in [0.1, 0.15) is 5.69 Å². The minimum atomic E-state index is -4.67. The molecule has 1 aromatic heterocycles. The monoisotopic (exact) mass is 341 g/mol. The predicted molar refractivity (Wildman–Crippen MR) is 82.0 cm³/mol. The zero-order valence-corrected chi connectivity index (χ0v) is 12.8. The van der Waals surface area contributed by atoms with Crippen LogP contribution in [0, 0.1) is 24.0 Å². The lowest BCUT2D eigenvalue weighted by atomic mass is 10.1. The molecule has 6 nitrogen and oxygen atoms in total. The number of hydrogen-bond acceptors (Lipinski definition) is 4. The topological polar surface area (TPSA) is 88.0 Å². The highest BCUT2D eigenvalue weighted by Gasteiger charge is 2.33. The Labute approximate surface area is 134 Å². The van der Waals surface area contributed by atoms with Crippen LogP contribution in [0.1, 0.15) is 22.4 Å². The van der Waals surface area contributed by atoms with Crippen LogP contribution < -0.4 is 10.9 Å². The molecule has 0 spiro atoms. The first kappa shape index (κ1) is 17.5. The normalized spacial score (nSPS) is 11.4. The Kier molecular flexibility index (Phi) is 4.63. The number of H-pyrrole nitrogens is 1. The van der Waals surface area contributed by atoms with Gasteiger partial charge in [0, 0.05) is 23.9 Å². The highest BCUT2D eigenvalue weighted by Crippen LogP contribution is 2.35. The molecule has 0 amide bonds. The minimum Gasteiger partial charge on any atom is -0.375 e. The summed E-state index contributed by atoms with van der Waals surface area (Å²) in [5.74, 6) is 0. The number of alkyl halides is 3. The summed E-state index contributed by atoms with van der Waals surface area (Å²) < 4.78 is 38.0. The van der Waals surface area contributed by atoms with E-state index in [4.69, 9.17) is 0 Å². The number of pyridine rings is 1. The quantitative estimate of drug-likeness (QED) is 0.658. The van der Waals surface area contributed by atoms with Crippen LogP contribution in [0.2, 0.25) is 0 Å². The Bertz CT molecular complexity index is 844. The number of nitrogens with one attached hydrogen (secondary N) is 2. The number of halogens is 3. The molecule has 9 heteroatoms. The third-order valence-electron chi connectivity index (χ3n) is 3.47. The Hall–Kier alpha value is -2.84. The van der Waals surface area contributed by atoms with E-state index in [0.717, 1.165) is 12.1 Å². The van der Waals surface area contributed by atoms with E-state index in [1.54, 1.807) is 19.9 Å². The summed E-state index contributed by atoms with van der Waals surface area (Å²) in [6.07, 6.45) is -4.67. The number of anilines is 1. The van der Waals surface area contributed by atoms with Crippen LogP contribution in [0.5, 0.6) is 0 Å². The smallest absolute Gasteiger partial charge is 0.375 e. The van der Waals surface area contributed by atoms with Crippen molar-refractivity contribution in [2.45, 2.75) is 26.6 Å². The van der Waals surface area contributed by atoms with Crippen molar-refractivity contribution in [2.75, 3.05) is 5.32 Å². The van der Waals surface area contributed by atoms with Gasteiger partial charge in [-0.2, -0.15) is 13.2 Å². The van der Waals surface area contributed by atoms with Crippen molar-refractivity contribution in [3.05, 3.63) is 67.1 Å². The van der Waals surface area contributed by atoms with Crippen molar-refractivity contribution in [3.63, 3.8) is 0 Å². The van der Waals surface area contributed by atoms with Gasteiger partial charge in [0.2, 0.25) is 0 Å². The van der Waals surface area contributed by atoms with E-state index in [1.165, 1.54) is 0 Å². The molecule has 0 radical (unpaired) electrons. The number of rotatable bonds is 4. The molecule has 128 valence electrons.